The van der Waals surface area contributed by atoms with Crippen LogP contribution >= 0.6 is 22.9 Å². The van der Waals surface area contributed by atoms with Gasteiger partial charge >= 0.3 is 5.97 Å². The molecule has 1 aliphatic rings. The van der Waals surface area contributed by atoms with E-state index in [0.29, 0.717) is 22.4 Å². The number of aromatic nitrogens is 2. The van der Waals surface area contributed by atoms with Crippen LogP contribution in [-0.2, 0) is 9.53 Å². The molecule has 0 spiro atoms. The number of para-hydroxylation sites is 1. The number of hydrogen-bond acceptors (Lipinski definition) is 5. The van der Waals surface area contributed by atoms with Gasteiger partial charge in [-0.05, 0) is 50.3 Å². The Balaban J connectivity index is 1.49. The molecule has 4 rings (SSSR count). The first-order valence-electron chi connectivity index (χ1n) is 10.2. The summed E-state index contributed by atoms with van der Waals surface area (Å²) >= 11 is 7.62. The molecule has 1 saturated carbocycles. The van der Waals surface area contributed by atoms with Gasteiger partial charge in [-0.2, -0.15) is 5.10 Å². The van der Waals surface area contributed by atoms with Crippen molar-refractivity contribution in [3.05, 3.63) is 45.9 Å². The second kappa shape index (κ2) is 8.78. The number of carbonyl (C=O) groups excluding carboxylic acids is 2. The van der Waals surface area contributed by atoms with Crippen LogP contribution in [0.5, 0.6) is 0 Å². The SMILES string of the molecule is CCCN(CC1CC1)C(=O)COC(=O)c1cc2c(C)nn(-c3ccccc3Cl)c2s1. The standard InChI is InChI=1S/C22H24ClN3O3S/c1-3-10-25(12-15-8-9-15)20(27)13-29-22(28)19-11-16-14(2)24-26(21(16)30-19)18-7-5-4-6-17(18)23/h4-7,11,15H,3,8-10,12-13H2,1-2H3. The average molecular weight is 446 g/mol. The van der Waals surface area contributed by atoms with E-state index in [2.05, 4.69) is 5.10 Å². The van der Waals surface area contributed by atoms with Crippen LogP contribution in [0, 0.1) is 12.8 Å². The number of thiophene rings is 1. The van der Waals surface area contributed by atoms with Crippen molar-refractivity contribution in [1.29, 1.82) is 0 Å². The van der Waals surface area contributed by atoms with Crippen molar-refractivity contribution in [2.24, 2.45) is 5.92 Å². The predicted octanol–water partition coefficient (Wildman–Crippen LogP) is 4.85. The van der Waals surface area contributed by atoms with Gasteiger partial charge in [0.15, 0.2) is 6.61 Å². The quantitative estimate of drug-likeness (QED) is 0.465. The second-order valence-electron chi connectivity index (χ2n) is 7.64. The summed E-state index contributed by atoms with van der Waals surface area (Å²) in [5, 5.41) is 6.02. The highest BCUT2D eigenvalue weighted by molar-refractivity contribution is 7.20. The summed E-state index contributed by atoms with van der Waals surface area (Å²) in [6.07, 6.45) is 3.24. The van der Waals surface area contributed by atoms with Crippen LogP contribution in [0.3, 0.4) is 0 Å². The van der Waals surface area contributed by atoms with Crippen LogP contribution in [-0.4, -0.2) is 46.3 Å². The van der Waals surface area contributed by atoms with Crippen LogP contribution in [0.25, 0.3) is 15.9 Å². The molecule has 0 N–H and O–H groups in total. The smallest absolute Gasteiger partial charge is 0.348 e. The molecule has 2 aromatic heterocycles. The minimum absolute atomic E-state index is 0.128. The normalized spacial score (nSPS) is 13.6. The molecule has 1 fully saturated rings. The largest absolute Gasteiger partial charge is 0.451 e. The van der Waals surface area contributed by atoms with Gasteiger partial charge in [0.2, 0.25) is 0 Å². The maximum atomic E-state index is 12.6. The molecule has 0 saturated heterocycles. The minimum Gasteiger partial charge on any atom is -0.451 e. The third kappa shape index (κ3) is 4.37. The number of nitrogens with zero attached hydrogens (tertiary/aromatic N) is 3. The van der Waals surface area contributed by atoms with Gasteiger partial charge in [0, 0.05) is 18.5 Å². The van der Waals surface area contributed by atoms with Gasteiger partial charge in [0.1, 0.15) is 9.71 Å². The first kappa shape index (κ1) is 20.9. The molecule has 0 bridgehead atoms. The Morgan fingerprint density at radius 3 is 2.80 bits per heavy atom. The van der Waals surface area contributed by atoms with Crippen LogP contribution in [0.4, 0.5) is 0 Å². The number of halogens is 1. The van der Waals surface area contributed by atoms with Gasteiger partial charge in [0.25, 0.3) is 5.91 Å². The van der Waals surface area contributed by atoms with Crippen molar-refractivity contribution < 1.29 is 14.3 Å². The third-order valence-electron chi connectivity index (χ3n) is 5.17. The molecule has 2 heterocycles. The summed E-state index contributed by atoms with van der Waals surface area (Å²) in [7, 11) is 0. The number of esters is 1. The van der Waals surface area contributed by atoms with E-state index in [4.69, 9.17) is 16.3 Å². The third-order valence-corrected chi connectivity index (χ3v) is 6.59. The van der Waals surface area contributed by atoms with Crippen LogP contribution in [0.2, 0.25) is 5.02 Å². The number of rotatable bonds is 8. The Hall–Kier alpha value is -2.38. The molecule has 0 unspecified atom stereocenters. The Morgan fingerprint density at radius 2 is 2.10 bits per heavy atom. The summed E-state index contributed by atoms with van der Waals surface area (Å²) in [6.45, 7) is 5.17. The van der Waals surface area contributed by atoms with Gasteiger partial charge < -0.3 is 9.64 Å². The van der Waals surface area contributed by atoms with Crippen molar-refractivity contribution in [2.45, 2.75) is 33.1 Å². The fraction of sp³-hybridized carbons (Fsp3) is 0.409. The van der Waals surface area contributed by atoms with E-state index in [1.54, 1.807) is 16.8 Å². The van der Waals surface area contributed by atoms with Gasteiger partial charge in [-0.1, -0.05) is 30.7 Å². The molecular weight excluding hydrogens is 422 g/mol. The molecule has 1 aromatic carbocycles. The van der Waals surface area contributed by atoms with E-state index < -0.39 is 5.97 Å². The Morgan fingerprint density at radius 1 is 1.33 bits per heavy atom. The topological polar surface area (TPSA) is 64.4 Å². The number of fused-ring (bicyclic) bond motifs is 1. The highest BCUT2D eigenvalue weighted by atomic mass is 35.5. The summed E-state index contributed by atoms with van der Waals surface area (Å²) in [5.41, 5.74) is 1.55. The number of amides is 1. The van der Waals surface area contributed by atoms with Crippen molar-refractivity contribution in [1.82, 2.24) is 14.7 Å². The van der Waals surface area contributed by atoms with Gasteiger partial charge in [-0.25, -0.2) is 9.48 Å². The summed E-state index contributed by atoms with van der Waals surface area (Å²) in [4.78, 5) is 28.2. The maximum absolute atomic E-state index is 12.6. The molecule has 1 amide bonds. The second-order valence-corrected chi connectivity index (χ2v) is 9.08. The molecular formula is C22H24ClN3O3S. The van der Waals surface area contributed by atoms with E-state index in [9.17, 15) is 9.59 Å². The Labute approximate surface area is 184 Å². The van der Waals surface area contributed by atoms with Gasteiger partial charge in [-0.3, -0.25) is 4.79 Å². The number of hydrogen-bond donors (Lipinski definition) is 0. The molecule has 8 heteroatoms. The van der Waals surface area contributed by atoms with Gasteiger partial charge in [0.05, 0.1) is 16.4 Å². The molecule has 30 heavy (non-hydrogen) atoms. The highest BCUT2D eigenvalue weighted by Gasteiger charge is 2.27. The van der Waals surface area contributed by atoms with Crippen molar-refractivity contribution in [3.8, 4) is 5.69 Å². The number of aryl methyl sites for hydroxylation is 1. The fourth-order valence-electron chi connectivity index (χ4n) is 3.42. The van der Waals surface area contributed by atoms with E-state index in [-0.39, 0.29) is 12.5 Å². The molecule has 0 atom stereocenters. The summed E-state index contributed by atoms with van der Waals surface area (Å²) in [5.74, 6) is -0.0105. The van der Waals surface area contributed by atoms with E-state index in [1.165, 1.54) is 24.2 Å². The van der Waals surface area contributed by atoms with E-state index in [1.807, 2.05) is 36.9 Å². The number of benzene rings is 1. The monoisotopic (exact) mass is 445 g/mol. The van der Waals surface area contributed by atoms with E-state index >= 15 is 0 Å². The lowest BCUT2D eigenvalue weighted by molar-refractivity contribution is -0.134. The molecule has 1 aliphatic carbocycles. The Bertz CT molecular complexity index is 1090. The van der Waals surface area contributed by atoms with Gasteiger partial charge in [-0.15, -0.1) is 11.3 Å². The van der Waals surface area contributed by atoms with Crippen LogP contribution < -0.4 is 0 Å². The zero-order valence-corrected chi connectivity index (χ0v) is 18.6. The zero-order valence-electron chi connectivity index (χ0n) is 17.1. The lowest BCUT2D eigenvalue weighted by Crippen LogP contribution is -2.36. The Kier molecular flexibility index (Phi) is 6.11. The van der Waals surface area contributed by atoms with Crippen LogP contribution in [0.15, 0.2) is 30.3 Å². The molecule has 0 radical (unpaired) electrons. The fourth-order valence-corrected chi connectivity index (χ4v) is 4.71. The maximum Gasteiger partial charge on any atom is 0.348 e. The summed E-state index contributed by atoms with van der Waals surface area (Å²) < 4.78 is 7.10. The average Bonchev–Trinajstić information content (AvgIpc) is 3.35. The first-order chi connectivity index (χ1) is 14.5. The molecule has 6 nitrogen and oxygen atoms in total. The lowest BCUT2D eigenvalue weighted by atomic mass is 10.3. The number of carbonyl (C=O) groups is 2. The van der Waals surface area contributed by atoms with E-state index in [0.717, 1.165) is 34.6 Å². The number of ether oxygens (including phenoxy) is 1. The van der Waals surface area contributed by atoms with Crippen molar-refractivity contribution in [3.63, 3.8) is 0 Å². The predicted molar refractivity (Wildman–Crippen MR) is 119 cm³/mol. The molecule has 0 aliphatic heterocycles. The van der Waals surface area contributed by atoms with Crippen molar-refractivity contribution >= 4 is 45.0 Å². The highest BCUT2D eigenvalue weighted by Crippen LogP contribution is 2.33. The zero-order chi connectivity index (χ0) is 21.3. The van der Waals surface area contributed by atoms with Crippen LogP contribution in [0.1, 0.15) is 41.6 Å². The first-order valence-corrected chi connectivity index (χ1v) is 11.4. The molecule has 158 valence electrons. The summed E-state index contributed by atoms with van der Waals surface area (Å²) in [6, 6.07) is 9.21. The lowest BCUT2D eigenvalue weighted by Gasteiger charge is -2.21. The minimum atomic E-state index is -0.488. The van der Waals surface area contributed by atoms with Crippen molar-refractivity contribution in [2.75, 3.05) is 19.7 Å². The molecule has 3 aromatic rings.